The summed E-state index contributed by atoms with van der Waals surface area (Å²) in [6.45, 7) is 9.55. The molecule has 2 aliphatic carbocycles. The molecule has 1 saturated carbocycles. The zero-order valence-corrected chi connectivity index (χ0v) is 22.9. The number of hydrogen-bond acceptors (Lipinski definition) is 6. The molecular formula is C30H36N2O3S. The van der Waals surface area contributed by atoms with Crippen LogP contribution in [0.25, 0.3) is 11.3 Å². The SMILES string of the molecule is COC(=O)[C@]1(C)CCC[C@]2(C)c3ccc(C(C)C)cc3-c3nc(NCc4cccc(OC)c4)sc3C12. The lowest BCUT2D eigenvalue weighted by Gasteiger charge is -2.53. The first-order valence-electron chi connectivity index (χ1n) is 12.8. The number of ether oxygens (including phenoxy) is 2. The Morgan fingerprint density at radius 1 is 1.17 bits per heavy atom. The average Bonchev–Trinajstić information content (AvgIpc) is 3.30. The number of thiazole rings is 1. The average molecular weight is 505 g/mol. The number of hydrogen-bond donors (Lipinski definition) is 1. The lowest BCUT2D eigenvalue weighted by atomic mass is 9.50. The monoisotopic (exact) mass is 504 g/mol. The van der Waals surface area contributed by atoms with Gasteiger partial charge in [0.05, 0.1) is 25.3 Å². The lowest BCUT2D eigenvalue weighted by molar-refractivity contribution is -0.157. The Morgan fingerprint density at radius 3 is 2.69 bits per heavy atom. The van der Waals surface area contributed by atoms with Crippen LogP contribution in [0.5, 0.6) is 5.75 Å². The predicted octanol–water partition coefficient (Wildman–Crippen LogP) is 7.27. The molecule has 36 heavy (non-hydrogen) atoms. The highest BCUT2D eigenvalue weighted by Crippen LogP contribution is 2.64. The van der Waals surface area contributed by atoms with Crippen molar-refractivity contribution in [1.29, 1.82) is 0 Å². The van der Waals surface area contributed by atoms with Gasteiger partial charge in [-0.2, -0.15) is 0 Å². The molecule has 2 aliphatic rings. The number of anilines is 1. The van der Waals surface area contributed by atoms with Crippen LogP contribution in [0.15, 0.2) is 42.5 Å². The largest absolute Gasteiger partial charge is 0.497 e. The summed E-state index contributed by atoms with van der Waals surface area (Å²) in [6.07, 6.45) is 2.87. The number of nitrogens with one attached hydrogen (secondary N) is 1. The Hall–Kier alpha value is -2.86. The minimum Gasteiger partial charge on any atom is -0.497 e. The quantitative estimate of drug-likeness (QED) is 0.358. The van der Waals surface area contributed by atoms with E-state index >= 15 is 0 Å². The second-order valence-electron chi connectivity index (χ2n) is 11.0. The number of esters is 1. The van der Waals surface area contributed by atoms with Gasteiger partial charge in [-0.3, -0.25) is 4.79 Å². The molecule has 190 valence electrons. The molecule has 1 fully saturated rings. The molecule has 0 aliphatic heterocycles. The van der Waals surface area contributed by atoms with Crippen LogP contribution in [0.2, 0.25) is 0 Å². The van der Waals surface area contributed by atoms with E-state index < -0.39 is 5.41 Å². The van der Waals surface area contributed by atoms with Gasteiger partial charge in [-0.1, -0.05) is 51.5 Å². The summed E-state index contributed by atoms with van der Waals surface area (Å²) in [5, 5.41) is 4.43. The fourth-order valence-electron chi connectivity index (χ4n) is 6.51. The van der Waals surface area contributed by atoms with Crippen molar-refractivity contribution in [2.24, 2.45) is 5.41 Å². The fourth-order valence-corrected chi connectivity index (χ4v) is 7.89. The molecule has 2 aromatic carbocycles. The molecule has 0 spiro atoms. The maximum Gasteiger partial charge on any atom is 0.312 e. The van der Waals surface area contributed by atoms with Gasteiger partial charge in [0.15, 0.2) is 5.13 Å². The zero-order valence-electron chi connectivity index (χ0n) is 22.1. The first-order chi connectivity index (χ1) is 17.2. The highest BCUT2D eigenvalue weighted by molar-refractivity contribution is 7.16. The highest BCUT2D eigenvalue weighted by Gasteiger charge is 2.58. The smallest absolute Gasteiger partial charge is 0.312 e. The van der Waals surface area contributed by atoms with Crippen LogP contribution in [-0.2, 0) is 21.5 Å². The van der Waals surface area contributed by atoms with Crippen LogP contribution in [0.4, 0.5) is 5.13 Å². The van der Waals surface area contributed by atoms with Crippen molar-refractivity contribution in [2.45, 2.75) is 70.8 Å². The summed E-state index contributed by atoms with van der Waals surface area (Å²) in [7, 11) is 3.20. The van der Waals surface area contributed by atoms with Crippen LogP contribution >= 0.6 is 11.3 Å². The topological polar surface area (TPSA) is 60.5 Å². The molecule has 1 heterocycles. The second kappa shape index (κ2) is 9.22. The number of rotatable bonds is 6. The van der Waals surface area contributed by atoms with E-state index in [1.54, 1.807) is 18.4 Å². The van der Waals surface area contributed by atoms with Gasteiger partial charge in [-0.15, -0.1) is 11.3 Å². The molecule has 3 aromatic rings. The Labute approximate surface area is 218 Å². The molecule has 5 nitrogen and oxygen atoms in total. The fraction of sp³-hybridized carbons (Fsp3) is 0.467. The summed E-state index contributed by atoms with van der Waals surface area (Å²) in [6, 6.07) is 15.0. The molecule has 1 unspecified atom stereocenters. The Morgan fingerprint density at radius 2 is 1.97 bits per heavy atom. The van der Waals surface area contributed by atoms with E-state index in [2.05, 4.69) is 57.3 Å². The van der Waals surface area contributed by atoms with E-state index in [0.717, 1.165) is 41.4 Å². The van der Waals surface area contributed by atoms with E-state index in [1.165, 1.54) is 28.7 Å². The summed E-state index contributed by atoms with van der Waals surface area (Å²) in [5.74, 6) is 1.17. The van der Waals surface area contributed by atoms with Crippen molar-refractivity contribution in [3.05, 3.63) is 64.0 Å². The number of nitrogens with zero attached hydrogens (tertiary/aromatic N) is 1. The maximum atomic E-state index is 13.3. The van der Waals surface area contributed by atoms with Gasteiger partial charge in [0.2, 0.25) is 0 Å². The lowest BCUT2D eigenvalue weighted by Crippen LogP contribution is -2.50. The first kappa shape index (κ1) is 24.8. The third-order valence-electron chi connectivity index (χ3n) is 8.39. The molecule has 1 aromatic heterocycles. The molecule has 0 radical (unpaired) electrons. The van der Waals surface area contributed by atoms with Crippen molar-refractivity contribution < 1.29 is 14.3 Å². The Balaban J connectivity index is 1.62. The summed E-state index contributed by atoms with van der Waals surface area (Å²) < 4.78 is 10.8. The van der Waals surface area contributed by atoms with E-state index in [4.69, 9.17) is 14.5 Å². The molecule has 0 bridgehead atoms. The van der Waals surface area contributed by atoms with Gasteiger partial charge in [-0.05, 0) is 60.6 Å². The third-order valence-corrected chi connectivity index (χ3v) is 9.47. The summed E-state index contributed by atoms with van der Waals surface area (Å²) in [5.41, 5.74) is 5.24. The van der Waals surface area contributed by atoms with Crippen LogP contribution in [-0.4, -0.2) is 25.2 Å². The highest BCUT2D eigenvalue weighted by atomic mass is 32.1. The zero-order chi connectivity index (χ0) is 25.7. The number of carbonyl (C=O) groups is 1. The predicted molar refractivity (Wildman–Crippen MR) is 146 cm³/mol. The summed E-state index contributed by atoms with van der Waals surface area (Å²) in [4.78, 5) is 19.6. The van der Waals surface area contributed by atoms with E-state index in [1.807, 2.05) is 18.2 Å². The van der Waals surface area contributed by atoms with E-state index in [0.29, 0.717) is 12.5 Å². The van der Waals surface area contributed by atoms with Gasteiger partial charge in [0.1, 0.15) is 5.75 Å². The van der Waals surface area contributed by atoms with Gasteiger partial charge in [0.25, 0.3) is 0 Å². The second-order valence-corrected chi connectivity index (χ2v) is 12.0. The number of fused-ring (bicyclic) bond motifs is 6. The molecule has 3 atom stereocenters. The third kappa shape index (κ3) is 3.90. The van der Waals surface area contributed by atoms with Crippen LogP contribution in [0.3, 0.4) is 0 Å². The van der Waals surface area contributed by atoms with Crippen LogP contribution in [0.1, 0.15) is 80.4 Å². The molecule has 0 amide bonds. The van der Waals surface area contributed by atoms with Crippen molar-refractivity contribution in [1.82, 2.24) is 4.98 Å². The van der Waals surface area contributed by atoms with E-state index in [-0.39, 0.29) is 17.3 Å². The standard InChI is InChI=1S/C30H36N2O3S/c1-18(2)20-11-12-23-22(16-20)24-25(26-29(23,3)13-8-14-30(26,4)27(33)35-6)36-28(32-24)31-17-19-9-7-10-21(15-19)34-5/h7,9-12,15-16,18,26H,8,13-14,17H2,1-6H3,(H,31,32)/t26?,29-,30-/m1/s1. The van der Waals surface area contributed by atoms with Gasteiger partial charge in [-0.25, -0.2) is 4.98 Å². The number of carbonyl (C=O) groups excluding carboxylic acids is 1. The Kier molecular flexibility index (Phi) is 6.36. The van der Waals surface area contributed by atoms with Crippen LogP contribution in [0, 0.1) is 5.41 Å². The van der Waals surface area contributed by atoms with Crippen molar-refractivity contribution >= 4 is 22.4 Å². The molecule has 0 saturated heterocycles. The Bertz CT molecular complexity index is 1300. The molecule has 5 rings (SSSR count). The molecule has 1 N–H and O–H groups in total. The molecular weight excluding hydrogens is 468 g/mol. The van der Waals surface area contributed by atoms with Crippen molar-refractivity contribution in [2.75, 3.05) is 19.5 Å². The van der Waals surface area contributed by atoms with Gasteiger partial charge < -0.3 is 14.8 Å². The number of aromatic nitrogens is 1. The number of benzene rings is 2. The minimum absolute atomic E-state index is 0.0171. The van der Waals surface area contributed by atoms with Crippen molar-refractivity contribution in [3.63, 3.8) is 0 Å². The van der Waals surface area contributed by atoms with Gasteiger partial charge in [0, 0.05) is 28.3 Å². The van der Waals surface area contributed by atoms with E-state index in [9.17, 15) is 4.79 Å². The normalized spacial score (nSPS) is 24.5. The minimum atomic E-state index is -0.596. The summed E-state index contributed by atoms with van der Waals surface area (Å²) >= 11 is 1.70. The van der Waals surface area contributed by atoms with Crippen molar-refractivity contribution in [3.8, 4) is 17.0 Å². The van der Waals surface area contributed by atoms with Gasteiger partial charge >= 0.3 is 5.97 Å². The number of methoxy groups -OCH3 is 2. The molecule has 6 heteroatoms. The first-order valence-corrected chi connectivity index (χ1v) is 13.6. The maximum absolute atomic E-state index is 13.3. The van der Waals surface area contributed by atoms with Crippen LogP contribution < -0.4 is 10.1 Å².